The van der Waals surface area contributed by atoms with Gasteiger partial charge in [0.25, 0.3) is 0 Å². The van der Waals surface area contributed by atoms with Crippen LogP contribution in [0.25, 0.3) is 0 Å². The standard InChI is InChI=1S/C15H18N2O6/c18-12(19)15(6-7-17(10-15)14(21)22)9-16-13(20)23-8-11-4-2-1-3-5-11/h1-5H,6-10H2,(H,16,20)(H,18,19)(H,21,22). The van der Waals surface area contributed by atoms with Gasteiger partial charge in [-0.2, -0.15) is 0 Å². The van der Waals surface area contributed by atoms with Crippen molar-refractivity contribution < 1.29 is 29.3 Å². The molecule has 2 rings (SSSR count). The molecule has 3 N–H and O–H groups in total. The molecule has 1 unspecified atom stereocenters. The number of hydrogen-bond donors (Lipinski definition) is 3. The molecule has 1 aromatic carbocycles. The number of likely N-dealkylation sites (tertiary alicyclic amines) is 1. The summed E-state index contributed by atoms with van der Waals surface area (Å²) in [6.45, 7) is -0.132. The van der Waals surface area contributed by atoms with Crippen LogP contribution in [0.3, 0.4) is 0 Å². The van der Waals surface area contributed by atoms with Crippen LogP contribution < -0.4 is 5.32 Å². The molecular formula is C15H18N2O6. The topological polar surface area (TPSA) is 116 Å². The summed E-state index contributed by atoms with van der Waals surface area (Å²) in [5, 5.41) is 20.7. The Morgan fingerprint density at radius 3 is 2.48 bits per heavy atom. The SMILES string of the molecule is O=C(NCC1(C(=O)O)CCN(C(=O)O)C1)OCc1ccccc1. The third-order valence-corrected chi connectivity index (χ3v) is 3.86. The summed E-state index contributed by atoms with van der Waals surface area (Å²) in [7, 11) is 0. The molecule has 124 valence electrons. The van der Waals surface area contributed by atoms with Gasteiger partial charge in [0.05, 0.1) is 0 Å². The summed E-state index contributed by atoms with van der Waals surface area (Å²) in [4.78, 5) is 35.1. The van der Waals surface area contributed by atoms with Crippen molar-refractivity contribution in [2.45, 2.75) is 13.0 Å². The highest BCUT2D eigenvalue weighted by Gasteiger charge is 2.46. The van der Waals surface area contributed by atoms with Crippen LogP contribution in [-0.2, 0) is 16.1 Å². The maximum atomic E-state index is 11.7. The molecule has 0 radical (unpaired) electrons. The normalized spacial score (nSPS) is 20.1. The lowest BCUT2D eigenvalue weighted by atomic mass is 9.87. The molecule has 0 saturated carbocycles. The molecule has 0 aromatic heterocycles. The molecule has 2 amide bonds. The molecule has 0 bridgehead atoms. The predicted octanol–water partition coefficient (Wildman–Crippen LogP) is 1.37. The monoisotopic (exact) mass is 322 g/mol. The first kappa shape index (κ1) is 16.6. The Morgan fingerprint density at radius 2 is 1.91 bits per heavy atom. The fourth-order valence-corrected chi connectivity index (χ4v) is 2.45. The molecule has 1 atom stereocenters. The number of alkyl carbamates (subject to hydrolysis) is 1. The van der Waals surface area contributed by atoms with E-state index in [4.69, 9.17) is 9.84 Å². The number of ether oxygens (including phenoxy) is 1. The molecule has 0 spiro atoms. The molecule has 1 saturated heterocycles. The zero-order valence-corrected chi connectivity index (χ0v) is 12.4. The van der Waals surface area contributed by atoms with Gasteiger partial charge in [0.15, 0.2) is 0 Å². The lowest BCUT2D eigenvalue weighted by Crippen LogP contribution is -2.45. The van der Waals surface area contributed by atoms with Gasteiger partial charge in [-0.15, -0.1) is 0 Å². The van der Waals surface area contributed by atoms with Gasteiger partial charge >= 0.3 is 18.2 Å². The van der Waals surface area contributed by atoms with E-state index in [0.717, 1.165) is 10.5 Å². The van der Waals surface area contributed by atoms with Gasteiger partial charge < -0.3 is 25.2 Å². The highest BCUT2D eigenvalue weighted by Crippen LogP contribution is 2.30. The first-order chi connectivity index (χ1) is 10.9. The molecule has 8 nitrogen and oxygen atoms in total. The molecule has 1 aliphatic heterocycles. The maximum absolute atomic E-state index is 11.7. The number of carbonyl (C=O) groups excluding carboxylic acids is 1. The molecule has 0 aliphatic carbocycles. The summed E-state index contributed by atoms with van der Waals surface area (Å²) >= 11 is 0. The second-order valence-corrected chi connectivity index (χ2v) is 5.45. The minimum Gasteiger partial charge on any atom is -0.481 e. The first-order valence-electron chi connectivity index (χ1n) is 7.09. The summed E-state index contributed by atoms with van der Waals surface area (Å²) in [6, 6.07) is 9.07. The Hall–Kier alpha value is -2.77. The Morgan fingerprint density at radius 1 is 1.22 bits per heavy atom. The van der Waals surface area contributed by atoms with E-state index < -0.39 is 23.6 Å². The number of amides is 2. The smallest absolute Gasteiger partial charge is 0.407 e. The summed E-state index contributed by atoms with van der Waals surface area (Å²) in [5.41, 5.74) is -0.502. The average molecular weight is 322 g/mol. The third kappa shape index (κ3) is 4.12. The Labute approximate surface area is 132 Å². The average Bonchev–Trinajstić information content (AvgIpc) is 2.98. The van der Waals surface area contributed by atoms with Crippen LogP contribution in [-0.4, -0.2) is 52.9 Å². The van der Waals surface area contributed by atoms with E-state index in [0.29, 0.717) is 0 Å². The van der Waals surface area contributed by atoms with Crippen LogP contribution >= 0.6 is 0 Å². The minimum atomic E-state index is -1.32. The number of hydrogen-bond acceptors (Lipinski definition) is 4. The van der Waals surface area contributed by atoms with E-state index in [9.17, 15) is 19.5 Å². The van der Waals surface area contributed by atoms with Gasteiger partial charge in [-0.05, 0) is 12.0 Å². The van der Waals surface area contributed by atoms with Crippen molar-refractivity contribution in [3.63, 3.8) is 0 Å². The molecule has 1 aromatic rings. The Bertz CT molecular complexity index is 591. The quantitative estimate of drug-likeness (QED) is 0.754. The van der Waals surface area contributed by atoms with Crippen LogP contribution in [0.4, 0.5) is 9.59 Å². The van der Waals surface area contributed by atoms with Crippen molar-refractivity contribution in [2.24, 2.45) is 5.41 Å². The number of carbonyl (C=O) groups is 3. The van der Waals surface area contributed by atoms with Gasteiger partial charge in [-0.25, -0.2) is 9.59 Å². The number of nitrogens with zero attached hydrogens (tertiary/aromatic N) is 1. The number of carboxylic acid groups (broad SMARTS) is 2. The molecule has 1 heterocycles. The number of rotatable bonds is 5. The number of nitrogens with one attached hydrogen (secondary N) is 1. The van der Waals surface area contributed by atoms with E-state index in [-0.39, 0.29) is 32.7 Å². The van der Waals surface area contributed by atoms with Gasteiger partial charge in [0.2, 0.25) is 0 Å². The zero-order chi connectivity index (χ0) is 16.9. The minimum absolute atomic E-state index is 0.0774. The predicted molar refractivity (Wildman–Crippen MR) is 78.9 cm³/mol. The van der Waals surface area contributed by atoms with E-state index in [1.54, 1.807) is 12.1 Å². The summed E-state index contributed by atoms with van der Waals surface area (Å²) < 4.78 is 5.01. The lowest BCUT2D eigenvalue weighted by molar-refractivity contribution is -0.147. The highest BCUT2D eigenvalue weighted by atomic mass is 16.5. The van der Waals surface area contributed by atoms with Crippen LogP contribution in [0.15, 0.2) is 30.3 Å². The van der Waals surface area contributed by atoms with Crippen molar-refractivity contribution in [1.29, 1.82) is 0 Å². The second kappa shape index (κ2) is 6.99. The number of carboxylic acids is 1. The van der Waals surface area contributed by atoms with Crippen LogP contribution in [0.5, 0.6) is 0 Å². The molecular weight excluding hydrogens is 304 g/mol. The molecule has 1 fully saturated rings. The first-order valence-corrected chi connectivity index (χ1v) is 7.09. The van der Waals surface area contributed by atoms with E-state index in [1.165, 1.54) is 0 Å². The van der Waals surface area contributed by atoms with Gasteiger partial charge in [0.1, 0.15) is 12.0 Å². The largest absolute Gasteiger partial charge is 0.481 e. The highest BCUT2D eigenvalue weighted by molar-refractivity contribution is 5.79. The van der Waals surface area contributed by atoms with Gasteiger partial charge in [-0.1, -0.05) is 30.3 Å². The van der Waals surface area contributed by atoms with E-state index in [2.05, 4.69) is 5.32 Å². The summed E-state index contributed by atoms with van der Waals surface area (Å²) in [5.74, 6) is -1.13. The number of aliphatic carboxylic acids is 1. The Balaban J connectivity index is 1.86. The van der Waals surface area contributed by atoms with Crippen molar-refractivity contribution in [1.82, 2.24) is 10.2 Å². The fraction of sp³-hybridized carbons (Fsp3) is 0.400. The van der Waals surface area contributed by atoms with Crippen LogP contribution in [0, 0.1) is 5.41 Å². The fourth-order valence-electron chi connectivity index (χ4n) is 2.45. The van der Waals surface area contributed by atoms with Crippen molar-refractivity contribution in [3.8, 4) is 0 Å². The molecule has 8 heteroatoms. The summed E-state index contributed by atoms with van der Waals surface area (Å²) in [6.07, 6.45) is -1.75. The van der Waals surface area contributed by atoms with E-state index >= 15 is 0 Å². The Kier molecular flexibility index (Phi) is 5.05. The second-order valence-electron chi connectivity index (χ2n) is 5.45. The van der Waals surface area contributed by atoms with Crippen molar-refractivity contribution >= 4 is 18.2 Å². The van der Waals surface area contributed by atoms with Gasteiger partial charge in [0, 0.05) is 19.6 Å². The van der Waals surface area contributed by atoms with Crippen molar-refractivity contribution in [3.05, 3.63) is 35.9 Å². The van der Waals surface area contributed by atoms with Crippen LogP contribution in [0.2, 0.25) is 0 Å². The third-order valence-electron chi connectivity index (χ3n) is 3.86. The number of benzene rings is 1. The molecule has 23 heavy (non-hydrogen) atoms. The zero-order valence-electron chi connectivity index (χ0n) is 12.4. The van der Waals surface area contributed by atoms with Crippen LogP contribution in [0.1, 0.15) is 12.0 Å². The maximum Gasteiger partial charge on any atom is 0.407 e. The lowest BCUT2D eigenvalue weighted by Gasteiger charge is -2.24. The van der Waals surface area contributed by atoms with E-state index in [1.807, 2.05) is 18.2 Å². The van der Waals surface area contributed by atoms with Crippen molar-refractivity contribution in [2.75, 3.05) is 19.6 Å². The van der Waals surface area contributed by atoms with Gasteiger partial charge in [-0.3, -0.25) is 4.79 Å². The molecule has 1 aliphatic rings.